The Balaban J connectivity index is 2.26. The molecule has 1 aromatic heterocycles. The first-order chi connectivity index (χ1) is 8.47. The van der Waals surface area contributed by atoms with Gasteiger partial charge in [0.15, 0.2) is 0 Å². The lowest BCUT2D eigenvalue weighted by molar-refractivity contribution is 0.599. The summed E-state index contributed by atoms with van der Waals surface area (Å²) in [7, 11) is -3.41. The van der Waals surface area contributed by atoms with E-state index in [-0.39, 0.29) is 5.75 Å². The highest BCUT2D eigenvalue weighted by molar-refractivity contribution is 9.10. The Labute approximate surface area is 118 Å². The van der Waals surface area contributed by atoms with E-state index in [0.717, 1.165) is 20.3 Å². The van der Waals surface area contributed by atoms with E-state index in [1.54, 1.807) is 6.20 Å². The van der Waals surface area contributed by atoms with Crippen molar-refractivity contribution in [1.29, 1.82) is 0 Å². The normalized spacial score (nSPS) is 11.9. The van der Waals surface area contributed by atoms with Gasteiger partial charge in [0, 0.05) is 27.2 Å². The fourth-order valence-electron chi connectivity index (χ4n) is 1.51. The van der Waals surface area contributed by atoms with Gasteiger partial charge in [-0.3, -0.25) is 0 Å². The molecule has 4 nitrogen and oxygen atoms in total. The summed E-state index contributed by atoms with van der Waals surface area (Å²) in [6, 6.07) is 7.77. The van der Waals surface area contributed by atoms with Crippen molar-refractivity contribution in [3.05, 3.63) is 34.9 Å². The molecule has 0 unspecified atom stereocenters. The van der Waals surface area contributed by atoms with Crippen molar-refractivity contribution in [2.45, 2.75) is 5.03 Å². The Hall–Kier alpha value is -0.630. The summed E-state index contributed by atoms with van der Waals surface area (Å²) in [6.45, 7) is 0. The molecule has 0 bridgehead atoms. The molecule has 0 aliphatic carbocycles. The number of primary sulfonamides is 1. The van der Waals surface area contributed by atoms with Crippen molar-refractivity contribution in [1.82, 2.24) is 4.98 Å². The van der Waals surface area contributed by atoms with Crippen molar-refractivity contribution in [2.75, 3.05) is 11.5 Å². The third kappa shape index (κ3) is 3.44. The van der Waals surface area contributed by atoms with Crippen LogP contribution in [0.1, 0.15) is 0 Å². The van der Waals surface area contributed by atoms with Gasteiger partial charge < -0.3 is 0 Å². The van der Waals surface area contributed by atoms with Gasteiger partial charge in [0.2, 0.25) is 10.0 Å². The van der Waals surface area contributed by atoms with Gasteiger partial charge in [0.25, 0.3) is 0 Å². The predicted octanol–water partition coefficient (Wildman–Crippen LogP) is 2.38. The molecule has 0 saturated heterocycles. The van der Waals surface area contributed by atoms with E-state index < -0.39 is 10.0 Å². The minimum absolute atomic E-state index is 0.0518. The van der Waals surface area contributed by atoms with Crippen LogP contribution in [0.2, 0.25) is 0 Å². The van der Waals surface area contributed by atoms with Gasteiger partial charge >= 0.3 is 0 Å². The fourth-order valence-corrected chi connectivity index (χ4v) is 3.93. The minimum atomic E-state index is -3.41. The number of halogens is 1. The van der Waals surface area contributed by atoms with Gasteiger partial charge in [-0.25, -0.2) is 18.5 Å². The van der Waals surface area contributed by atoms with Crippen molar-refractivity contribution in [3.63, 3.8) is 0 Å². The summed E-state index contributed by atoms with van der Waals surface area (Å²) in [5, 5.41) is 7.85. The largest absolute Gasteiger partial charge is 0.249 e. The first-order valence-corrected chi connectivity index (χ1v) is 8.63. The van der Waals surface area contributed by atoms with Crippen molar-refractivity contribution in [3.8, 4) is 0 Å². The smallest absolute Gasteiger partial charge is 0.209 e. The molecule has 0 aliphatic rings. The standard InChI is InChI=1S/C11H11BrN2O2S2/c12-10-3-1-2-9-8(10)4-5-14-11(9)17-6-7-18(13,15)16/h1-5H,6-7H2,(H2,13,15,16). The third-order valence-electron chi connectivity index (χ3n) is 2.32. The molecule has 0 spiro atoms. The van der Waals surface area contributed by atoms with Gasteiger partial charge in [0.1, 0.15) is 5.03 Å². The van der Waals surface area contributed by atoms with E-state index >= 15 is 0 Å². The molecular formula is C11H11BrN2O2S2. The lowest BCUT2D eigenvalue weighted by Crippen LogP contribution is -2.17. The van der Waals surface area contributed by atoms with Crippen molar-refractivity contribution in [2.24, 2.45) is 5.14 Å². The van der Waals surface area contributed by atoms with Crippen LogP contribution in [0.4, 0.5) is 0 Å². The lowest BCUT2D eigenvalue weighted by Gasteiger charge is -2.06. The third-order valence-corrected chi connectivity index (χ3v) is 5.05. The van der Waals surface area contributed by atoms with Crippen LogP contribution in [0.5, 0.6) is 0 Å². The number of pyridine rings is 1. The summed E-state index contributed by atoms with van der Waals surface area (Å²) >= 11 is 4.87. The number of aromatic nitrogens is 1. The molecule has 1 aromatic carbocycles. The van der Waals surface area contributed by atoms with E-state index in [2.05, 4.69) is 20.9 Å². The van der Waals surface area contributed by atoms with Crippen molar-refractivity contribution < 1.29 is 8.42 Å². The lowest BCUT2D eigenvalue weighted by atomic mass is 10.2. The zero-order valence-corrected chi connectivity index (χ0v) is 12.6. The highest BCUT2D eigenvalue weighted by Crippen LogP contribution is 2.30. The topological polar surface area (TPSA) is 73.1 Å². The predicted molar refractivity (Wildman–Crippen MR) is 78.1 cm³/mol. The van der Waals surface area contributed by atoms with Crippen LogP contribution in [0.3, 0.4) is 0 Å². The van der Waals surface area contributed by atoms with Gasteiger partial charge in [-0.15, -0.1) is 11.8 Å². The molecule has 0 fully saturated rings. The molecule has 0 radical (unpaired) electrons. The number of nitrogens with zero attached hydrogens (tertiary/aromatic N) is 1. The van der Waals surface area contributed by atoms with Gasteiger partial charge in [0.05, 0.1) is 5.75 Å². The first kappa shape index (κ1) is 13.8. The fraction of sp³-hybridized carbons (Fsp3) is 0.182. The minimum Gasteiger partial charge on any atom is -0.249 e. The molecule has 0 atom stereocenters. The van der Waals surface area contributed by atoms with Crippen LogP contribution in [-0.2, 0) is 10.0 Å². The Morgan fingerprint density at radius 2 is 2.06 bits per heavy atom. The number of sulfonamides is 1. The van der Waals surface area contributed by atoms with Gasteiger partial charge in [-0.05, 0) is 12.1 Å². The summed E-state index contributed by atoms with van der Waals surface area (Å²) in [5.41, 5.74) is 0. The maximum Gasteiger partial charge on any atom is 0.209 e. The maximum absolute atomic E-state index is 10.9. The number of nitrogens with two attached hydrogens (primary N) is 1. The second kappa shape index (κ2) is 5.56. The molecule has 2 aromatic rings. The Morgan fingerprint density at radius 3 is 2.78 bits per heavy atom. The molecular weight excluding hydrogens is 336 g/mol. The van der Waals surface area contributed by atoms with E-state index in [1.165, 1.54) is 11.8 Å². The van der Waals surface area contributed by atoms with E-state index in [9.17, 15) is 8.42 Å². The zero-order chi connectivity index (χ0) is 13.2. The van der Waals surface area contributed by atoms with E-state index in [4.69, 9.17) is 5.14 Å². The van der Waals surface area contributed by atoms with Crippen LogP contribution < -0.4 is 5.14 Å². The number of benzene rings is 1. The highest BCUT2D eigenvalue weighted by atomic mass is 79.9. The SMILES string of the molecule is NS(=O)(=O)CCSc1nccc2c(Br)cccc12. The number of hydrogen-bond acceptors (Lipinski definition) is 4. The molecule has 0 amide bonds. The van der Waals surface area contributed by atoms with Crippen LogP contribution in [-0.4, -0.2) is 24.9 Å². The Bertz CT molecular complexity index is 674. The Kier molecular flexibility index (Phi) is 4.26. The van der Waals surface area contributed by atoms with Gasteiger partial charge in [-0.1, -0.05) is 28.1 Å². The quantitative estimate of drug-likeness (QED) is 0.862. The summed E-state index contributed by atoms with van der Waals surface area (Å²) in [6.07, 6.45) is 1.71. The van der Waals surface area contributed by atoms with Crippen LogP contribution in [0, 0.1) is 0 Å². The van der Waals surface area contributed by atoms with E-state index in [0.29, 0.717) is 5.75 Å². The van der Waals surface area contributed by atoms with Crippen LogP contribution >= 0.6 is 27.7 Å². The Morgan fingerprint density at radius 1 is 1.28 bits per heavy atom. The molecule has 0 saturated carbocycles. The summed E-state index contributed by atoms with van der Waals surface area (Å²) in [5.74, 6) is 0.348. The van der Waals surface area contributed by atoms with Crippen LogP contribution in [0.15, 0.2) is 40.0 Å². The molecule has 18 heavy (non-hydrogen) atoms. The number of rotatable bonds is 4. The molecule has 0 aliphatic heterocycles. The van der Waals surface area contributed by atoms with Crippen LogP contribution in [0.25, 0.3) is 10.8 Å². The maximum atomic E-state index is 10.9. The second-order valence-corrected chi connectivity index (χ2v) is 7.34. The number of thioether (sulfide) groups is 1. The average Bonchev–Trinajstić information content (AvgIpc) is 2.29. The summed E-state index contributed by atoms with van der Waals surface area (Å²) in [4.78, 5) is 4.27. The molecule has 2 rings (SSSR count). The number of hydrogen-bond donors (Lipinski definition) is 1. The average molecular weight is 347 g/mol. The number of fused-ring (bicyclic) bond motifs is 1. The highest BCUT2D eigenvalue weighted by Gasteiger charge is 2.07. The monoisotopic (exact) mass is 346 g/mol. The first-order valence-electron chi connectivity index (χ1n) is 5.14. The summed E-state index contributed by atoms with van der Waals surface area (Å²) < 4.78 is 22.7. The molecule has 2 N–H and O–H groups in total. The molecule has 1 heterocycles. The molecule has 7 heteroatoms. The second-order valence-electron chi connectivity index (χ2n) is 3.67. The zero-order valence-electron chi connectivity index (χ0n) is 9.34. The van der Waals surface area contributed by atoms with E-state index in [1.807, 2.05) is 24.3 Å². The molecule has 96 valence electrons. The van der Waals surface area contributed by atoms with Crippen molar-refractivity contribution >= 4 is 48.5 Å². The van der Waals surface area contributed by atoms with Gasteiger partial charge in [-0.2, -0.15) is 0 Å².